The fraction of sp³-hybridized carbons (Fsp3) is 0.0769. The van der Waals surface area contributed by atoms with Crippen molar-refractivity contribution in [2.75, 3.05) is 5.32 Å². The number of nitrogens with zero attached hydrogens (tertiary/aromatic N) is 1. The van der Waals surface area contributed by atoms with E-state index in [1.165, 1.54) is 0 Å². The van der Waals surface area contributed by atoms with Crippen molar-refractivity contribution in [1.29, 1.82) is 0 Å². The van der Waals surface area contributed by atoms with E-state index in [2.05, 4.69) is 32.9 Å². The summed E-state index contributed by atoms with van der Waals surface area (Å²) in [7, 11) is 0. The van der Waals surface area contributed by atoms with Gasteiger partial charge in [0.05, 0.1) is 5.56 Å². The lowest BCUT2D eigenvalue weighted by Crippen LogP contribution is -2.13. The summed E-state index contributed by atoms with van der Waals surface area (Å²) in [4.78, 5) is 4.78. The largest absolute Gasteiger partial charge is 0.389 e. The Hall–Kier alpha value is -1.21. The molecule has 0 saturated carbocycles. The number of halogens is 1. The molecule has 3 N–H and O–H groups in total. The van der Waals surface area contributed by atoms with E-state index in [4.69, 9.17) is 18.0 Å². The molecule has 0 atom stereocenters. The molecule has 5 heteroatoms. The molecule has 18 heavy (non-hydrogen) atoms. The summed E-state index contributed by atoms with van der Waals surface area (Å²) in [6, 6.07) is 11.8. The van der Waals surface area contributed by atoms with Gasteiger partial charge in [0.2, 0.25) is 0 Å². The van der Waals surface area contributed by atoms with Gasteiger partial charge in [0.25, 0.3) is 0 Å². The lowest BCUT2D eigenvalue weighted by atomic mass is 10.2. The summed E-state index contributed by atoms with van der Waals surface area (Å²) in [5.41, 5.74) is 8.35. The quantitative estimate of drug-likeness (QED) is 0.644. The van der Waals surface area contributed by atoms with Crippen LogP contribution in [0.25, 0.3) is 0 Å². The van der Waals surface area contributed by atoms with Crippen molar-refractivity contribution in [3.05, 3.63) is 51.2 Å². The topological polar surface area (TPSA) is 50.9 Å². The molecular weight excluding hydrogens is 357 g/mol. The summed E-state index contributed by atoms with van der Waals surface area (Å²) in [5.74, 6) is 0.699. The van der Waals surface area contributed by atoms with E-state index in [0.717, 1.165) is 20.5 Å². The van der Waals surface area contributed by atoms with Crippen LogP contribution in [0.2, 0.25) is 0 Å². The van der Waals surface area contributed by atoms with Gasteiger partial charge in [-0.2, -0.15) is 0 Å². The van der Waals surface area contributed by atoms with E-state index in [9.17, 15) is 0 Å². The predicted octanol–water partition coefficient (Wildman–Crippen LogP) is 3.37. The van der Waals surface area contributed by atoms with Crippen molar-refractivity contribution in [3.63, 3.8) is 0 Å². The van der Waals surface area contributed by atoms with Crippen LogP contribution in [0, 0.1) is 10.5 Å². The Kier molecular flexibility index (Phi) is 4.13. The molecule has 0 amide bonds. The number of aryl methyl sites for hydroxylation is 1. The monoisotopic (exact) mass is 369 g/mol. The Morgan fingerprint density at radius 3 is 2.78 bits per heavy atom. The fourth-order valence-corrected chi connectivity index (χ4v) is 2.26. The highest BCUT2D eigenvalue weighted by Gasteiger charge is 2.07. The molecule has 0 bridgehead atoms. The van der Waals surface area contributed by atoms with Gasteiger partial charge in [0.15, 0.2) is 0 Å². The number of rotatable bonds is 3. The molecular formula is C13H12IN3S. The second kappa shape index (κ2) is 5.62. The average Bonchev–Trinajstić information content (AvgIpc) is 2.28. The Morgan fingerprint density at radius 1 is 1.33 bits per heavy atom. The third-order valence-corrected chi connectivity index (χ3v) is 3.28. The minimum atomic E-state index is 0.343. The van der Waals surface area contributed by atoms with Gasteiger partial charge < -0.3 is 11.1 Å². The first-order chi connectivity index (χ1) is 8.56. The minimum Gasteiger partial charge on any atom is -0.389 e. The van der Waals surface area contributed by atoms with Crippen LogP contribution in [0.1, 0.15) is 11.3 Å². The number of benzene rings is 1. The van der Waals surface area contributed by atoms with E-state index in [1.54, 1.807) is 0 Å². The Labute approximate surface area is 125 Å². The van der Waals surface area contributed by atoms with Crippen molar-refractivity contribution < 1.29 is 0 Å². The highest BCUT2D eigenvalue weighted by atomic mass is 127. The van der Waals surface area contributed by atoms with Gasteiger partial charge in [0.1, 0.15) is 10.8 Å². The number of hydrogen-bond acceptors (Lipinski definition) is 3. The maximum Gasteiger partial charge on any atom is 0.140 e. The number of anilines is 2. The Balaban J connectivity index is 2.39. The van der Waals surface area contributed by atoms with Crippen molar-refractivity contribution in [1.82, 2.24) is 4.98 Å². The van der Waals surface area contributed by atoms with E-state index in [0.29, 0.717) is 10.8 Å². The molecule has 0 aliphatic carbocycles. The molecule has 0 fully saturated rings. The number of nitrogens with two attached hydrogens (primary N) is 1. The molecule has 1 aromatic carbocycles. The number of thiocarbonyl (C=S) groups is 1. The third kappa shape index (κ3) is 3.17. The summed E-state index contributed by atoms with van der Waals surface area (Å²) in [6.45, 7) is 1.93. The fourth-order valence-electron chi connectivity index (χ4n) is 1.55. The molecule has 0 spiro atoms. The zero-order valence-electron chi connectivity index (χ0n) is 9.77. The zero-order valence-corrected chi connectivity index (χ0v) is 12.7. The first-order valence-corrected chi connectivity index (χ1v) is 6.85. The maximum absolute atomic E-state index is 5.70. The molecule has 2 rings (SSSR count). The first-order valence-electron chi connectivity index (χ1n) is 5.36. The SMILES string of the molecule is Cc1ccc(C(N)=S)c(Nc2cccc(I)c2)n1. The van der Waals surface area contributed by atoms with Gasteiger partial charge in [-0.05, 0) is 59.8 Å². The summed E-state index contributed by atoms with van der Waals surface area (Å²) in [6.07, 6.45) is 0. The molecule has 2 aromatic rings. The average molecular weight is 369 g/mol. The van der Waals surface area contributed by atoms with Crippen molar-refractivity contribution in [3.8, 4) is 0 Å². The van der Waals surface area contributed by atoms with Gasteiger partial charge >= 0.3 is 0 Å². The van der Waals surface area contributed by atoms with Gasteiger partial charge in [-0.1, -0.05) is 18.3 Å². The molecule has 1 aromatic heterocycles. The highest BCUT2D eigenvalue weighted by Crippen LogP contribution is 2.20. The first kappa shape index (κ1) is 13.2. The Bertz CT molecular complexity index is 599. The lowest BCUT2D eigenvalue weighted by molar-refractivity contribution is 1.19. The van der Waals surface area contributed by atoms with Crippen LogP contribution < -0.4 is 11.1 Å². The van der Waals surface area contributed by atoms with E-state index < -0.39 is 0 Å². The van der Waals surface area contributed by atoms with Crippen LogP contribution in [0.4, 0.5) is 11.5 Å². The number of hydrogen-bond donors (Lipinski definition) is 2. The Morgan fingerprint density at radius 2 is 2.11 bits per heavy atom. The van der Waals surface area contributed by atoms with Crippen LogP contribution in [0.15, 0.2) is 36.4 Å². The van der Waals surface area contributed by atoms with Crippen LogP contribution in [0.5, 0.6) is 0 Å². The summed E-state index contributed by atoms with van der Waals surface area (Å²) in [5, 5.41) is 3.25. The molecule has 0 unspecified atom stereocenters. The second-order valence-electron chi connectivity index (χ2n) is 3.85. The van der Waals surface area contributed by atoms with E-state index in [-0.39, 0.29) is 0 Å². The van der Waals surface area contributed by atoms with Crippen LogP contribution in [-0.2, 0) is 0 Å². The summed E-state index contributed by atoms with van der Waals surface area (Å²) >= 11 is 7.30. The molecule has 1 heterocycles. The molecule has 0 saturated heterocycles. The number of nitrogens with one attached hydrogen (secondary N) is 1. The molecule has 0 aliphatic heterocycles. The zero-order chi connectivity index (χ0) is 13.1. The van der Waals surface area contributed by atoms with Crippen molar-refractivity contribution in [2.45, 2.75) is 6.92 Å². The molecule has 3 nitrogen and oxygen atoms in total. The smallest absolute Gasteiger partial charge is 0.140 e. The number of aromatic nitrogens is 1. The van der Waals surface area contributed by atoms with Crippen LogP contribution in [0.3, 0.4) is 0 Å². The molecule has 0 radical (unpaired) electrons. The second-order valence-corrected chi connectivity index (χ2v) is 5.53. The van der Waals surface area contributed by atoms with Crippen molar-refractivity contribution >= 4 is 51.3 Å². The van der Waals surface area contributed by atoms with Gasteiger partial charge in [0, 0.05) is 15.0 Å². The van der Waals surface area contributed by atoms with E-state index >= 15 is 0 Å². The maximum atomic E-state index is 5.70. The highest BCUT2D eigenvalue weighted by molar-refractivity contribution is 14.1. The third-order valence-electron chi connectivity index (χ3n) is 2.39. The minimum absolute atomic E-state index is 0.343. The van der Waals surface area contributed by atoms with Crippen LogP contribution in [-0.4, -0.2) is 9.97 Å². The standard InChI is InChI=1S/C13H12IN3S/c1-8-5-6-11(12(15)18)13(16-8)17-10-4-2-3-9(14)7-10/h2-7H,1H3,(H2,15,18)(H,16,17). The van der Waals surface area contributed by atoms with Crippen molar-refractivity contribution in [2.24, 2.45) is 5.73 Å². The van der Waals surface area contributed by atoms with Gasteiger partial charge in [-0.25, -0.2) is 4.98 Å². The van der Waals surface area contributed by atoms with Crippen LogP contribution >= 0.6 is 34.8 Å². The van der Waals surface area contributed by atoms with E-state index in [1.807, 2.05) is 43.3 Å². The molecule has 92 valence electrons. The van der Waals surface area contributed by atoms with Gasteiger partial charge in [-0.15, -0.1) is 0 Å². The normalized spacial score (nSPS) is 10.1. The lowest BCUT2D eigenvalue weighted by Gasteiger charge is -2.11. The number of pyridine rings is 1. The molecule has 0 aliphatic rings. The predicted molar refractivity (Wildman–Crippen MR) is 87.3 cm³/mol. The van der Waals surface area contributed by atoms with Gasteiger partial charge in [-0.3, -0.25) is 0 Å². The summed E-state index contributed by atoms with van der Waals surface area (Å²) < 4.78 is 1.15.